The van der Waals surface area contributed by atoms with E-state index in [-0.39, 0.29) is 5.13 Å². The molecule has 0 radical (unpaired) electrons. The highest BCUT2D eigenvalue weighted by atomic mass is 32.1. The molecule has 1 atom stereocenters. The van der Waals surface area contributed by atoms with Gasteiger partial charge in [0.2, 0.25) is 0 Å². The first kappa shape index (κ1) is 19.4. The van der Waals surface area contributed by atoms with Crippen molar-refractivity contribution in [2.75, 3.05) is 5.32 Å². The number of hydrogen-bond donors (Lipinski definition) is 1. The van der Waals surface area contributed by atoms with E-state index in [1.165, 1.54) is 25.3 Å². The maximum atomic E-state index is 13.3. The van der Waals surface area contributed by atoms with Crippen molar-refractivity contribution in [1.29, 1.82) is 0 Å². The Labute approximate surface area is 162 Å². The van der Waals surface area contributed by atoms with Crippen molar-refractivity contribution < 1.29 is 27.5 Å². The number of amides is 1. The molecule has 3 aromatic rings. The van der Waals surface area contributed by atoms with Gasteiger partial charge in [-0.25, -0.2) is 18.6 Å². The van der Waals surface area contributed by atoms with Crippen LogP contribution in [-0.4, -0.2) is 23.0 Å². The topological polar surface area (TPSA) is 81.4 Å². The second-order valence-electron chi connectivity index (χ2n) is 5.58. The number of thiazole rings is 1. The molecule has 2 heterocycles. The van der Waals surface area contributed by atoms with Gasteiger partial charge in [-0.3, -0.25) is 10.1 Å². The zero-order valence-corrected chi connectivity index (χ0v) is 15.3. The van der Waals surface area contributed by atoms with E-state index in [9.17, 15) is 18.4 Å². The summed E-state index contributed by atoms with van der Waals surface area (Å²) in [5.74, 6) is -2.75. The first-order valence-electron chi connectivity index (χ1n) is 8.06. The fourth-order valence-electron chi connectivity index (χ4n) is 2.13. The van der Waals surface area contributed by atoms with Crippen LogP contribution in [0.3, 0.4) is 0 Å². The second-order valence-corrected chi connectivity index (χ2v) is 6.44. The summed E-state index contributed by atoms with van der Waals surface area (Å²) >= 11 is 1.10. The van der Waals surface area contributed by atoms with Gasteiger partial charge in [0.1, 0.15) is 5.76 Å². The fraction of sp³-hybridized carbons (Fsp3) is 0.105. The molecule has 3 rings (SSSR count). The van der Waals surface area contributed by atoms with Crippen molar-refractivity contribution in [2.24, 2.45) is 0 Å². The number of halogens is 2. The summed E-state index contributed by atoms with van der Waals surface area (Å²) in [6.07, 6.45) is 2.96. The van der Waals surface area contributed by atoms with Crippen molar-refractivity contribution in [2.45, 2.75) is 13.0 Å². The first-order valence-corrected chi connectivity index (χ1v) is 8.94. The molecular weight excluding hydrogens is 390 g/mol. The molecule has 0 unspecified atom stereocenters. The Balaban J connectivity index is 1.57. The highest BCUT2D eigenvalue weighted by Crippen LogP contribution is 2.26. The average molecular weight is 404 g/mol. The molecule has 28 heavy (non-hydrogen) atoms. The standard InChI is InChI=1S/C19H14F2N2O4S/c1-11(27-17(24)7-5-13-3-2-8-26-13)18(25)23-19-22-16(10-28-19)12-4-6-14(20)15(21)9-12/h2-11H,1H3,(H,22,23,25)/b7-5+/t11-/m0/s1. The molecule has 1 N–H and O–H groups in total. The Morgan fingerprint density at radius 3 is 2.82 bits per heavy atom. The lowest BCUT2D eigenvalue weighted by atomic mass is 10.2. The number of hydrogen-bond acceptors (Lipinski definition) is 6. The van der Waals surface area contributed by atoms with Crippen molar-refractivity contribution in [1.82, 2.24) is 4.98 Å². The molecule has 144 valence electrons. The lowest BCUT2D eigenvalue weighted by Crippen LogP contribution is -2.29. The SMILES string of the molecule is C[C@H](OC(=O)/C=C/c1ccco1)C(=O)Nc1nc(-c2ccc(F)c(F)c2)cs1. The molecule has 0 bridgehead atoms. The second kappa shape index (κ2) is 8.57. The van der Waals surface area contributed by atoms with E-state index in [1.54, 1.807) is 17.5 Å². The Hall–Kier alpha value is -3.33. The molecule has 1 amide bonds. The molecule has 0 aliphatic rings. The van der Waals surface area contributed by atoms with E-state index in [0.29, 0.717) is 17.0 Å². The van der Waals surface area contributed by atoms with Crippen LogP contribution in [-0.2, 0) is 14.3 Å². The van der Waals surface area contributed by atoms with Crippen molar-refractivity contribution in [3.63, 3.8) is 0 Å². The quantitative estimate of drug-likeness (QED) is 0.490. The zero-order chi connectivity index (χ0) is 20.1. The average Bonchev–Trinajstić information content (AvgIpc) is 3.34. The van der Waals surface area contributed by atoms with Crippen LogP contribution in [0.15, 0.2) is 52.5 Å². The monoisotopic (exact) mass is 404 g/mol. The maximum Gasteiger partial charge on any atom is 0.331 e. The molecule has 0 aliphatic carbocycles. The number of esters is 1. The summed E-state index contributed by atoms with van der Waals surface area (Å²) in [5, 5.41) is 4.34. The number of nitrogens with zero attached hydrogens (tertiary/aromatic N) is 1. The van der Waals surface area contributed by atoms with Gasteiger partial charge in [0.25, 0.3) is 5.91 Å². The number of carbonyl (C=O) groups is 2. The molecule has 1 aromatic carbocycles. The molecule has 0 aliphatic heterocycles. The summed E-state index contributed by atoms with van der Waals surface area (Å²) in [6, 6.07) is 6.73. The third-order valence-corrected chi connectivity index (χ3v) is 4.30. The Morgan fingerprint density at radius 2 is 2.11 bits per heavy atom. The Kier molecular flexibility index (Phi) is 5.95. The maximum absolute atomic E-state index is 13.3. The van der Waals surface area contributed by atoms with Crippen LogP contribution in [0.4, 0.5) is 13.9 Å². The highest BCUT2D eigenvalue weighted by Gasteiger charge is 2.18. The zero-order valence-electron chi connectivity index (χ0n) is 14.5. The molecule has 9 heteroatoms. The van der Waals surface area contributed by atoms with Crippen LogP contribution in [0, 0.1) is 11.6 Å². The van der Waals surface area contributed by atoms with Gasteiger partial charge in [-0.1, -0.05) is 0 Å². The first-order chi connectivity index (χ1) is 13.4. The normalized spacial score (nSPS) is 12.1. The lowest BCUT2D eigenvalue weighted by molar-refractivity contribution is -0.148. The number of ether oxygens (including phenoxy) is 1. The van der Waals surface area contributed by atoms with Gasteiger partial charge in [-0.2, -0.15) is 0 Å². The van der Waals surface area contributed by atoms with Crippen LogP contribution in [0.5, 0.6) is 0 Å². The van der Waals surface area contributed by atoms with E-state index < -0.39 is 29.6 Å². The molecule has 0 fully saturated rings. The third-order valence-electron chi connectivity index (χ3n) is 3.54. The lowest BCUT2D eigenvalue weighted by Gasteiger charge is -2.10. The number of nitrogens with one attached hydrogen (secondary N) is 1. The van der Waals surface area contributed by atoms with Gasteiger partial charge in [0, 0.05) is 17.0 Å². The van der Waals surface area contributed by atoms with Gasteiger partial charge >= 0.3 is 5.97 Å². The third kappa shape index (κ3) is 4.89. The van der Waals surface area contributed by atoms with Crippen LogP contribution in [0.25, 0.3) is 17.3 Å². The van der Waals surface area contributed by atoms with E-state index in [1.807, 2.05) is 0 Å². The van der Waals surface area contributed by atoms with Crippen LogP contribution >= 0.6 is 11.3 Å². The van der Waals surface area contributed by atoms with Crippen LogP contribution < -0.4 is 5.32 Å². The Morgan fingerprint density at radius 1 is 1.29 bits per heavy atom. The van der Waals surface area contributed by atoms with Gasteiger partial charge in [-0.05, 0) is 43.3 Å². The molecule has 0 saturated carbocycles. The van der Waals surface area contributed by atoms with E-state index >= 15 is 0 Å². The number of furan rings is 1. The molecule has 0 spiro atoms. The number of carbonyl (C=O) groups excluding carboxylic acids is 2. The summed E-state index contributed by atoms with van der Waals surface area (Å²) < 4.78 is 36.4. The van der Waals surface area contributed by atoms with E-state index in [0.717, 1.165) is 29.5 Å². The minimum Gasteiger partial charge on any atom is -0.465 e. The minimum absolute atomic E-state index is 0.235. The van der Waals surface area contributed by atoms with Gasteiger partial charge < -0.3 is 9.15 Å². The van der Waals surface area contributed by atoms with Gasteiger partial charge in [0.05, 0.1) is 12.0 Å². The summed E-state index contributed by atoms with van der Waals surface area (Å²) in [6.45, 7) is 1.41. The Bertz CT molecular complexity index is 1010. The smallest absolute Gasteiger partial charge is 0.331 e. The molecular formula is C19H14F2N2O4S. The predicted octanol–water partition coefficient (Wildman–Crippen LogP) is 4.26. The number of anilines is 1. The van der Waals surface area contributed by atoms with Gasteiger partial charge in [-0.15, -0.1) is 11.3 Å². The van der Waals surface area contributed by atoms with Crippen molar-refractivity contribution >= 4 is 34.4 Å². The molecule has 6 nitrogen and oxygen atoms in total. The van der Waals surface area contributed by atoms with E-state index in [2.05, 4.69) is 10.3 Å². The van der Waals surface area contributed by atoms with Crippen molar-refractivity contribution in [3.05, 3.63) is 65.4 Å². The number of benzene rings is 1. The number of rotatable bonds is 6. The summed E-state index contributed by atoms with van der Waals surface area (Å²) in [7, 11) is 0. The summed E-state index contributed by atoms with van der Waals surface area (Å²) in [5.41, 5.74) is 0.753. The largest absolute Gasteiger partial charge is 0.465 e. The molecule has 0 saturated heterocycles. The predicted molar refractivity (Wildman–Crippen MR) is 99.4 cm³/mol. The van der Waals surface area contributed by atoms with E-state index in [4.69, 9.17) is 9.15 Å². The number of aromatic nitrogens is 1. The minimum atomic E-state index is -1.07. The highest BCUT2D eigenvalue weighted by molar-refractivity contribution is 7.14. The molecule has 2 aromatic heterocycles. The van der Waals surface area contributed by atoms with Gasteiger partial charge in [0.15, 0.2) is 22.9 Å². The van der Waals surface area contributed by atoms with Crippen molar-refractivity contribution in [3.8, 4) is 11.3 Å². The summed E-state index contributed by atoms with van der Waals surface area (Å²) in [4.78, 5) is 28.0. The van der Waals surface area contributed by atoms with Crippen LogP contribution in [0.1, 0.15) is 12.7 Å². The fourth-order valence-corrected chi connectivity index (χ4v) is 2.85. The van der Waals surface area contributed by atoms with Crippen LogP contribution in [0.2, 0.25) is 0 Å².